The van der Waals surface area contributed by atoms with E-state index in [0.717, 1.165) is 5.56 Å². The van der Waals surface area contributed by atoms with Crippen molar-refractivity contribution >= 4 is 17.5 Å². The minimum atomic E-state index is -0.668. The monoisotopic (exact) mass is 351 g/mol. The average Bonchev–Trinajstić information content (AvgIpc) is 2.93. The Labute approximate surface area is 147 Å². The summed E-state index contributed by atoms with van der Waals surface area (Å²) in [6.07, 6.45) is 0.0346. The number of benzene rings is 1. The summed E-state index contributed by atoms with van der Waals surface area (Å²) in [5.41, 5.74) is 0.399. The van der Waals surface area contributed by atoms with Gasteiger partial charge in [-0.15, -0.1) is 0 Å². The lowest BCUT2D eigenvalue weighted by Gasteiger charge is -2.29. The normalized spacial score (nSPS) is 13.4. The van der Waals surface area contributed by atoms with Gasteiger partial charge < -0.3 is 14.4 Å². The second kappa shape index (κ2) is 7.26. The fourth-order valence-corrected chi connectivity index (χ4v) is 2.50. The highest BCUT2D eigenvalue weighted by Gasteiger charge is 2.30. The third-order valence-corrected chi connectivity index (χ3v) is 3.64. The summed E-state index contributed by atoms with van der Waals surface area (Å²) >= 11 is 0. The molecular formula is C17H25N3O5. The second-order valence-electron chi connectivity index (χ2n) is 7.24. The summed E-state index contributed by atoms with van der Waals surface area (Å²) < 4.78 is 11.1. The van der Waals surface area contributed by atoms with Gasteiger partial charge in [0.15, 0.2) is 0 Å². The Morgan fingerprint density at radius 2 is 2.00 bits per heavy atom. The molecule has 0 fully saturated rings. The van der Waals surface area contributed by atoms with E-state index in [1.54, 1.807) is 20.8 Å². The summed E-state index contributed by atoms with van der Waals surface area (Å²) in [4.78, 5) is 26.9. The molecule has 8 heteroatoms. The number of carbonyl (C=O) groups is 1. The van der Waals surface area contributed by atoms with Crippen molar-refractivity contribution in [2.75, 3.05) is 38.7 Å². The molecule has 25 heavy (non-hydrogen) atoms. The Hall–Kier alpha value is -2.35. The van der Waals surface area contributed by atoms with Gasteiger partial charge in [-0.3, -0.25) is 15.0 Å². The van der Waals surface area contributed by atoms with Crippen molar-refractivity contribution in [3.8, 4) is 5.75 Å². The van der Waals surface area contributed by atoms with Gasteiger partial charge in [-0.05, 0) is 34.9 Å². The van der Waals surface area contributed by atoms with E-state index in [4.69, 9.17) is 9.47 Å². The number of fused-ring (bicyclic) bond motifs is 1. The number of hydrogen-bond acceptors (Lipinski definition) is 6. The van der Waals surface area contributed by atoms with E-state index >= 15 is 0 Å². The van der Waals surface area contributed by atoms with E-state index in [2.05, 4.69) is 0 Å². The third-order valence-electron chi connectivity index (χ3n) is 3.64. The number of non-ortho nitro benzene ring substituents is 1. The van der Waals surface area contributed by atoms with Crippen molar-refractivity contribution in [1.82, 2.24) is 4.90 Å². The van der Waals surface area contributed by atoms with Crippen LogP contribution in [0.15, 0.2) is 12.1 Å². The van der Waals surface area contributed by atoms with Crippen molar-refractivity contribution in [3.05, 3.63) is 27.8 Å². The van der Waals surface area contributed by atoms with Crippen LogP contribution in [0.1, 0.15) is 26.3 Å². The average molecular weight is 351 g/mol. The highest BCUT2D eigenvalue weighted by molar-refractivity contribution is 5.91. The number of hydrogen-bond donors (Lipinski definition) is 0. The molecule has 1 amide bonds. The Bertz CT molecular complexity index is 667. The van der Waals surface area contributed by atoms with E-state index in [1.807, 2.05) is 19.0 Å². The number of nitro groups is 1. The molecule has 0 aromatic heterocycles. The maximum absolute atomic E-state index is 12.7. The van der Waals surface area contributed by atoms with Gasteiger partial charge in [-0.25, -0.2) is 4.79 Å². The number of likely N-dealkylation sites (N-methyl/N-ethyl adjacent to an activating group) is 1. The fraction of sp³-hybridized carbons (Fsp3) is 0.588. The summed E-state index contributed by atoms with van der Waals surface area (Å²) in [6.45, 7) is 6.70. The topological polar surface area (TPSA) is 85.2 Å². The van der Waals surface area contributed by atoms with Crippen LogP contribution in [0.5, 0.6) is 5.75 Å². The van der Waals surface area contributed by atoms with E-state index in [-0.39, 0.29) is 5.69 Å². The summed E-state index contributed by atoms with van der Waals surface area (Å²) in [5, 5.41) is 11.3. The quantitative estimate of drug-likeness (QED) is 0.599. The molecule has 1 aromatic carbocycles. The molecular weight excluding hydrogens is 326 g/mol. The molecule has 8 nitrogen and oxygen atoms in total. The first-order valence-electron chi connectivity index (χ1n) is 8.18. The van der Waals surface area contributed by atoms with E-state index in [1.165, 1.54) is 17.0 Å². The minimum absolute atomic E-state index is 0.0577. The first-order chi connectivity index (χ1) is 11.6. The smallest absolute Gasteiger partial charge is 0.414 e. The Kier molecular flexibility index (Phi) is 5.52. The van der Waals surface area contributed by atoms with Gasteiger partial charge in [0, 0.05) is 37.2 Å². The van der Waals surface area contributed by atoms with Crippen molar-refractivity contribution in [1.29, 1.82) is 0 Å². The molecule has 0 aliphatic carbocycles. The maximum atomic E-state index is 12.7. The van der Waals surface area contributed by atoms with Crippen LogP contribution in [0.2, 0.25) is 0 Å². The summed E-state index contributed by atoms with van der Waals surface area (Å²) in [5.74, 6) is 0.523. The maximum Gasteiger partial charge on any atom is 0.414 e. The lowest BCUT2D eigenvalue weighted by molar-refractivity contribution is -0.384. The van der Waals surface area contributed by atoms with Crippen LogP contribution in [-0.4, -0.2) is 55.3 Å². The van der Waals surface area contributed by atoms with Gasteiger partial charge in [-0.2, -0.15) is 0 Å². The lowest BCUT2D eigenvalue weighted by Crippen LogP contribution is -2.40. The van der Waals surface area contributed by atoms with Crippen molar-refractivity contribution in [3.63, 3.8) is 0 Å². The molecule has 0 saturated heterocycles. The highest BCUT2D eigenvalue weighted by atomic mass is 16.6. The predicted octanol–water partition coefficient (Wildman–Crippen LogP) is 2.83. The molecule has 0 atom stereocenters. The fourth-order valence-electron chi connectivity index (χ4n) is 2.50. The van der Waals surface area contributed by atoms with E-state index in [0.29, 0.717) is 37.6 Å². The third kappa shape index (κ3) is 4.82. The number of amides is 1. The number of rotatable bonds is 5. The SMILES string of the molecule is CN(C)CCN(C(=O)OC(C)(C)C)c1cc([N+](=O)[O-])cc2c1OCC2. The zero-order chi connectivity index (χ0) is 18.8. The van der Waals surface area contributed by atoms with Crippen LogP contribution >= 0.6 is 0 Å². The number of carbonyl (C=O) groups excluding carboxylic acids is 1. The van der Waals surface area contributed by atoms with Crippen molar-refractivity contribution < 1.29 is 19.2 Å². The van der Waals surface area contributed by atoms with E-state index < -0.39 is 16.6 Å². The second-order valence-corrected chi connectivity index (χ2v) is 7.24. The molecule has 138 valence electrons. The zero-order valence-corrected chi connectivity index (χ0v) is 15.4. The van der Waals surface area contributed by atoms with Crippen LogP contribution in [0.4, 0.5) is 16.2 Å². The minimum Gasteiger partial charge on any atom is -0.491 e. The molecule has 2 rings (SSSR count). The van der Waals surface area contributed by atoms with Crippen LogP contribution < -0.4 is 9.64 Å². The molecule has 0 spiro atoms. The zero-order valence-electron chi connectivity index (χ0n) is 15.4. The van der Waals surface area contributed by atoms with Gasteiger partial charge in [0.2, 0.25) is 0 Å². The van der Waals surface area contributed by atoms with Gasteiger partial charge in [0.25, 0.3) is 5.69 Å². The first-order valence-corrected chi connectivity index (χ1v) is 8.18. The molecule has 1 aliphatic rings. The predicted molar refractivity (Wildman–Crippen MR) is 94.4 cm³/mol. The van der Waals surface area contributed by atoms with Gasteiger partial charge in [0.05, 0.1) is 17.2 Å². The Morgan fingerprint density at radius 3 is 2.56 bits per heavy atom. The molecule has 1 heterocycles. The van der Waals surface area contributed by atoms with E-state index in [9.17, 15) is 14.9 Å². The van der Waals surface area contributed by atoms with Crippen LogP contribution in [-0.2, 0) is 11.2 Å². The molecule has 1 aliphatic heterocycles. The molecule has 0 bridgehead atoms. The van der Waals surface area contributed by atoms with Crippen LogP contribution in [0.3, 0.4) is 0 Å². The number of nitrogens with zero attached hydrogens (tertiary/aromatic N) is 3. The molecule has 0 radical (unpaired) electrons. The van der Waals surface area contributed by atoms with Crippen molar-refractivity contribution in [2.45, 2.75) is 32.8 Å². The summed E-state index contributed by atoms with van der Waals surface area (Å²) in [6, 6.07) is 2.88. The molecule has 0 saturated carbocycles. The number of ether oxygens (including phenoxy) is 2. The largest absolute Gasteiger partial charge is 0.491 e. The van der Waals surface area contributed by atoms with Gasteiger partial charge in [0.1, 0.15) is 11.4 Å². The first kappa shape index (κ1) is 19.0. The molecule has 0 unspecified atom stereocenters. The standard InChI is InChI=1S/C17H25N3O5/c1-17(2,3)25-16(21)19(8-7-18(4)5)14-11-13(20(22)23)10-12-6-9-24-15(12)14/h10-11H,6-9H2,1-5H3. The number of nitro benzene ring substituents is 1. The van der Waals surface area contributed by atoms with Crippen molar-refractivity contribution in [2.24, 2.45) is 0 Å². The van der Waals surface area contributed by atoms with Crippen LogP contribution in [0.25, 0.3) is 0 Å². The van der Waals surface area contributed by atoms with Gasteiger partial charge >= 0.3 is 6.09 Å². The van der Waals surface area contributed by atoms with Crippen LogP contribution in [0, 0.1) is 10.1 Å². The number of anilines is 1. The molecule has 1 aromatic rings. The summed E-state index contributed by atoms with van der Waals surface area (Å²) in [7, 11) is 3.78. The van der Waals surface area contributed by atoms with Gasteiger partial charge in [-0.1, -0.05) is 0 Å². The highest BCUT2D eigenvalue weighted by Crippen LogP contribution is 2.40. The Balaban J connectivity index is 2.45. The Morgan fingerprint density at radius 1 is 1.32 bits per heavy atom. The molecule has 0 N–H and O–H groups in total. The lowest BCUT2D eigenvalue weighted by atomic mass is 10.1.